The van der Waals surface area contributed by atoms with E-state index in [1.807, 2.05) is 0 Å². The van der Waals surface area contributed by atoms with Crippen LogP contribution in [0.4, 0.5) is 5.82 Å². The van der Waals surface area contributed by atoms with Crippen LogP contribution in [0.25, 0.3) is 0 Å². The van der Waals surface area contributed by atoms with E-state index < -0.39 is 0 Å². The number of thiocarbonyl (C=S) groups is 1. The van der Waals surface area contributed by atoms with Crippen LogP contribution in [0, 0.1) is 0 Å². The first-order chi connectivity index (χ1) is 7.68. The fraction of sp³-hybridized carbons (Fsp3) is 0.500. The first kappa shape index (κ1) is 11.2. The van der Waals surface area contributed by atoms with E-state index in [4.69, 9.17) is 22.7 Å². The minimum atomic E-state index is 0.272. The average Bonchev–Trinajstić information content (AvgIpc) is 2.30. The first-order valence-corrected chi connectivity index (χ1v) is 5.55. The maximum Gasteiger partial charge on any atom is 0.147 e. The number of hydrogen-bond acceptors (Lipinski definition) is 5. The lowest BCUT2D eigenvalue weighted by Gasteiger charge is -2.33. The van der Waals surface area contributed by atoms with Crippen LogP contribution >= 0.6 is 12.2 Å². The van der Waals surface area contributed by atoms with Gasteiger partial charge in [-0.2, -0.15) is 0 Å². The standard InChI is InChI=1S/C10H14N4OS/c1-7-6-15-3-2-14(7)9-5-12-8(4-13-9)10(11)16/h4-5,7H,2-3,6H2,1H3,(H2,11,16). The summed E-state index contributed by atoms with van der Waals surface area (Å²) in [7, 11) is 0. The second kappa shape index (κ2) is 4.71. The number of ether oxygens (including phenoxy) is 1. The summed E-state index contributed by atoms with van der Waals surface area (Å²) in [5.41, 5.74) is 6.02. The molecule has 1 saturated heterocycles. The Labute approximate surface area is 99.6 Å². The van der Waals surface area contributed by atoms with Crippen molar-refractivity contribution >= 4 is 23.0 Å². The van der Waals surface area contributed by atoms with Gasteiger partial charge in [0.05, 0.1) is 31.6 Å². The molecule has 0 bridgehead atoms. The van der Waals surface area contributed by atoms with Crippen LogP contribution in [0.15, 0.2) is 12.4 Å². The smallest absolute Gasteiger partial charge is 0.147 e. The zero-order valence-corrected chi connectivity index (χ0v) is 9.91. The Hall–Kier alpha value is -1.27. The SMILES string of the molecule is CC1COCCN1c1cnc(C(N)=S)cn1. The Morgan fingerprint density at radius 1 is 1.56 bits per heavy atom. The molecule has 1 atom stereocenters. The van der Waals surface area contributed by atoms with Gasteiger partial charge in [-0.05, 0) is 6.92 Å². The van der Waals surface area contributed by atoms with Crippen LogP contribution < -0.4 is 10.6 Å². The number of rotatable bonds is 2. The molecule has 0 amide bonds. The Morgan fingerprint density at radius 3 is 2.94 bits per heavy atom. The minimum Gasteiger partial charge on any atom is -0.388 e. The van der Waals surface area contributed by atoms with Crippen molar-refractivity contribution < 1.29 is 4.74 Å². The molecule has 86 valence electrons. The van der Waals surface area contributed by atoms with Crippen molar-refractivity contribution in [3.05, 3.63) is 18.1 Å². The molecule has 1 unspecified atom stereocenters. The van der Waals surface area contributed by atoms with E-state index in [1.165, 1.54) is 0 Å². The summed E-state index contributed by atoms with van der Waals surface area (Å²) in [4.78, 5) is 10.9. The van der Waals surface area contributed by atoms with E-state index >= 15 is 0 Å². The van der Waals surface area contributed by atoms with E-state index in [0.29, 0.717) is 11.7 Å². The molecule has 1 aliphatic rings. The highest BCUT2D eigenvalue weighted by molar-refractivity contribution is 7.80. The van der Waals surface area contributed by atoms with Gasteiger partial charge in [0.1, 0.15) is 16.5 Å². The number of nitrogens with two attached hydrogens (primary N) is 1. The van der Waals surface area contributed by atoms with Crippen molar-refractivity contribution in [1.82, 2.24) is 9.97 Å². The molecule has 0 aromatic carbocycles. The van der Waals surface area contributed by atoms with E-state index in [0.717, 1.165) is 25.6 Å². The van der Waals surface area contributed by atoms with Crippen molar-refractivity contribution in [3.63, 3.8) is 0 Å². The van der Waals surface area contributed by atoms with E-state index in [2.05, 4.69) is 21.8 Å². The van der Waals surface area contributed by atoms with Crippen molar-refractivity contribution in [2.45, 2.75) is 13.0 Å². The molecule has 16 heavy (non-hydrogen) atoms. The fourth-order valence-corrected chi connectivity index (χ4v) is 1.77. The summed E-state index contributed by atoms with van der Waals surface area (Å²) >= 11 is 4.83. The Bertz CT molecular complexity index is 381. The molecule has 5 nitrogen and oxygen atoms in total. The van der Waals surface area contributed by atoms with Gasteiger partial charge in [-0.1, -0.05) is 12.2 Å². The van der Waals surface area contributed by atoms with Crippen LogP contribution in [0.5, 0.6) is 0 Å². The molecule has 1 aromatic rings. The minimum absolute atomic E-state index is 0.272. The summed E-state index contributed by atoms with van der Waals surface area (Å²) in [5, 5.41) is 0. The van der Waals surface area contributed by atoms with Gasteiger partial charge >= 0.3 is 0 Å². The molecule has 6 heteroatoms. The Morgan fingerprint density at radius 2 is 2.38 bits per heavy atom. The third kappa shape index (κ3) is 2.28. The van der Waals surface area contributed by atoms with Crippen LogP contribution in [-0.4, -0.2) is 40.8 Å². The molecule has 0 aliphatic carbocycles. The van der Waals surface area contributed by atoms with Crippen LogP contribution in [0.1, 0.15) is 12.6 Å². The van der Waals surface area contributed by atoms with E-state index in [9.17, 15) is 0 Å². The summed E-state index contributed by atoms with van der Waals surface area (Å²) in [6, 6.07) is 0.318. The highest BCUT2D eigenvalue weighted by Crippen LogP contribution is 2.15. The summed E-state index contributed by atoms with van der Waals surface area (Å²) in [5.74, 6) is 0.843. The third-order valence-electron chi connectivity index (χ3n) is 2.55. The van der Waals surface area contributed by atoms with Crippen molar-refractivity contribution in [2.24, 2.45) is 5.73 Å². The van der Waals surface area contributed by atoms with Gasteiger partial charge in [-0.15, -0.1) is 0 Å². The van der Waals surface area contributed by atoms with Gasteiger partial charge in [0, 0.05) is 6.54 Å². The second-order valence-electron chi connectivity index (χ2n) is 3.74. The molecule has 0 radical (unpaired) electrons. The highest BCUT2D eigenvalue weighted by Gasteiger charge is 2.20. The van der Waals surface area contributed by atoms with Gasteiger partial charge < -0.3 is 15.4 Å². The Kier molecular flexibility index (Phi) is 3.31. The topological polar surface area (TPSA) is 64.3 Å². The van der Waals surface area contributed by atoms with E-state index in [-0.39, 0.29) is 4.99 Å². The maximum atomic E-state index is 5.46. The number of morpholine rings is 1. The largest absolute Gasteiger partial charge is 0.388 e. The number of anilines is 1. The predicted octanol–water partition coefficient (Wildman–Crippen LogP) is 0.336. The number of aromatic nitrogens is 2. The molecule has 2 rings (SSSR count). The van der Waals surface area contributed by atoms with Gasteiger partial charge in [0.2, 0.25) is 0 Å². The number of nitrogens with zero attached hydrogens (tertiary/aromatic N) is 3. The summed E-state index contributed by atoms with van der Waals surface area (Å²) in [6.45, 7) is 4.38. The third-order valence-corrected chi connectivity index (χ3v) is 2.76. The van der Waals surface area contributed by atoms with Crippen LogP contribution in [0.3, 0.4) is 0 Å². The molecule has 1 aliphatic heterocycles. The summed E-state index contributed by atoms with van der Waals surface area (Å²) in [6.07, 6.45) is 3.32. The molecule has 0 saturated carbocycles. The van der Waals surface area contributed by atoms with Crippen molar-refractivity contribution in [2.75, 3.05) is 24.7 Å². The average molecular weight is 238 g/mol. The predicted molar refractivity (Wildman–Crippen MR) is 65.5 cm³/mol. The second-order valence-corrected chi connectivity index (χ2v) is 4.18. The molecule has 0 spiro atoms. The van der Waals surface area contributed by atoms with Crippen molar-refractivity contribution in [3.8, 4) is 0 Å². The van der Waals surface area contributed by atoms with Crippen molar-refractivity contribution in [1.29, 1.82) is 0 Å². The molecule has 2 heterocycles. The molecule has 1 aromatic heterocycles. The lowest BCUT2D eigenvalue weighted by molar-refractivity contribution is 0.0985. The molecular formula is C10H14N4OS. The molecule has 1 fully saturated rings. The monoisotopic (exact) mass is 238 g/mol. The number of hydrogen-bond donors (Lipinski definition) is 1. The van der Waals surface area contributed by atoms with E-state index in [1.54, 1.807) is 12.4 Å². The molecular weight excluding hydrogens is 224 g/mol. The maximum absolute atomic E-state index is 5.46. The summed E-state index contributed by atoms with van der Waals surface area (Å²) < 4.78 is 5.36. The zero-order chi connectivity index (χ0) is 11.5. The normalized spacial score (nSPS) is 20.8. The molecule has 2 N–H and O–H groups in total. The highest BCUT2D eigenvalue weighted by atomic mass is 32.1. The fourth-order valence-electron chi connectivity index (χ4n) is 1.66. The Balaban J connectivity index is 2.17. The van der Waals surface area contributed by atoms with Crippen LogP contribution in [-0.2, 0) is 4.74 Å². The van der Waals surface area contributed by atoms with Gasteiger partial charge in [-0.3, -0.25) is 0 Å². The first-order valence-electron chi connectivity index (χ1n) is 5.14. The van der Waals surface area contributed by atoms with Gasteiger partial charge in [0.25, 0.3) is 0 Å². The van der Waals surface area contributed by atoms with Crippen LogP contribution in [0.2, 0.25) is 0 Å². The lowest BCUT2D eigenvalue weighted by atomic mass is 10.2. The van der Waals surface area contributed by atoms with Gasteiger partial charge in [0.15, 0.2) is 0 Å². The van der Waals surface area contributed by atoms with Gasteiger partial charge in [-0.25, -0.2) is 9.97 Å². The zero-order valence-electron chi connectivity index (χ0n) is 9.09. The lowest BCUT2D eigenvalue weighted by Crippen LogP contribution is -2.44. The quantitative estimate of drug-likeness (QED) is 0.749.